The Hall–Kier alpha value is -1.11. The molecule has 0 radical (unpaired) electrons. The predicted octanol–water partition coefficient (Wildman–Crippen LogP) is 0.292. The summed E-state index contributed by atoms with van der Waals surface area (Å²) in [5.41, 5.74) is 0. The van der Waals surface area contributed by atoms with E-state index in [1.165, 1.54) is 0 Å². The van der Waals surface area contributed by atoms with E-state index in [9.17, 15) is 0 Å². The molecule has 0 aromatic carbocycles. The molecular weight excluding hydrogens is 110 g/mol. The second-order valence-electron chi connectivity index (χ2n) is 1.86. The molecule has 0 aliphatic rings. The standard InChI is InChI=1S/C8H9N/c1-3-8-4-5-9-6-7(8)2/h3-6H,2H2,1H3/b8-3-. The number of nitrogens with zero attached hydrogens (tertiary/aromatic N) is 1. The first-order valence-corrected chi connectivity index (χ1v) is 2.90. The normalized spacial score (nSPS) is 11.9. The highest BCUT2D eigenvalue weighted by Gasteiger charge is 1.75. The van der Waals surface area contributed by atoms with Gasteiger partial charge in [0, 0.05) is 12.4 Å². The molecule has 9 heavy (non-hydrogen) atoms. The zero-order valence-electron chi connectivity index (χ0n) is 5.46. The molecule has 1 heteroatoms. The van der Waals surface area contributed by atoms with Gasteiger partial charge < -0.3 is 0 Å². The van der Waals surface area contributed by atoms with Gasteiger partial charge in [0.1, 0.15) is 0 Å². The van der Waals surface area contributed by atoms with Crippen molar-refractivity contribution in [3.8, 4) is 0 Å². The Morgan fingerprint density at radius 3 is 2.89 bits per heavy atom. The minimum atomic E-state index is 0.986. The Morgan fingerprint density at radius 1 is 1.67 bits per heavy atom. The molecule has 0 aliphatic heterocycles. The van der Waals surface area contributed by atoms with Gasteiger partial charge >= 0.3 is 0 Å². The molecule has 1 aromatic rings. The molecule has 0 aliphatic carbocycles. The van der Waals surface area contributed by atoms with E-state index in [1.54, 1.807) is 12.4 Å². The van der Waals surface area contributed by atoms with Crippen molar-refractivity contribution in [1.29, 1.82) is 0 Å². The predicted molar refractivity (Wildman–Crippen MR) is 39.1 cm³/mol. The summed E-state index contributed by atoms with van der Waals surface area (Å²) in [5.74, 6) is 0. The van der Waals surface area contributed by atoms with E-state index in [0.29, 0.717) is 0 Å². The number of hydrogen-bond acceptors (Lipinski definition) is 1. The molecule has 0 amide bonds. The smallest absolute Gasteiger partial charge is 0.0340 e. The summed E-state index contributed by atoms with van der Waals surface area (Å²) in [4.78, 5) is 3.91. The molecule has 0 saturated carbocycles. The highest BCUT2D eigenvalue weighted by atomic mass is 14.6. The van der Waals surface area contributed by atoms with Crippen LogP contribution in [-0.4, -0.2) is 4.98 Å². The Morgan fingerprint density at radius 2 is 2.44 bits per heavy atom. The fourth-order valence-electron chi connectivity index (χ4n) is 0.720. The topological polar surface area (TPSA) is 12.9 Å². The summed E-state index contributed by atoms with van der Waals surface area (Å²) in [6.07, 6.45) is 5.54. The molecule has 0 fully saturated rings. The van der Waals surface area contributed by atoms with Gasteiger partial charge in [-0.25, -0.2) is 0 Å². The molecule has 0 atom stereocenters. The molecule has 0 spiro atoms. The Kier molecular flexibility index (Phi) is 1.63. The lowest BCUT2D eigenvalue weighted by atomic mass is 10.3. The van der Waals surface area contributed by atoms with Gasteiger partial charge in [0.05, 0.1) is 0 Å². The molecule has 0 saturated heterocycles. The minimum Gasteiger partial charge on any atom is -0.264 e. The van der Waals surface area contributed by atoms with E-state index < -0.39 is 0 Å². The fourth-order valence-corrected chi connectivity index (χ4v) is 0.720. The quantitative estimate of drug-likeness (QED) is 0.478. The summed E-state index contributed by atoms with van der Waals surface area (Å²) in [6.45, 7) is 5.79. The summed E-state index contributed by atoms with van der Waals surface area (Å²) < 4.78 is 0. The van der Waals surface area contributed by atoms with Crippen LogP contribution in [0.15, 0.2) is 18.5 Å². The average Bonchev–Trinajstić information content (AvgIpc) is 1.89. The average molecular weight is 119 g/mol. The monoisotopic (exact) mass is 119 g/mol. The van der Waals surface area contributed by atoms with E-state index in [1.807, 2.05) is 19.1 Å². The lowest BCUT2D eigenvalue weighted by Crippen LogP contribution is -2.22. The SMILES string of the molecule is C=c1cncc/c1=C/C. The Balaban J connectivity index is 3.53. The maximum atomic E-state index is 3.91. The molecule has 0 bridgehead atoms. The van der Waals surface area contributed by atoms with Crippen molar-refractivity contribution in [3.63, 3.8) is 0 Å². The highest BCUT2D eigenvalue weighted by molar-refractivity contribution is 5.21. The maximum Gasteiger partial charge on any atom is 0.0340 e. The van der Waals surface area contributed by atoms with Gasteiger partial charge in [-0.1, -0.05) is 12.7 Å². The van der Waals surface area contributed by atoms with Crippen molar-refractivity contribution in [2.45, 2.75) is 6.92 Å². The van der Waals surface area contributed by atoms with Gasteiger partial charge in [0.2, 0.25) is 0 Å². The maximum absolute atomic E-state index is 3.91. The second-order valence-corrected chi connectivity index (χ2v) is 1.86. The second kappa shape index (κ2) is 2.44. The van der Waals surface area contributed by atoms with Crippen LogP contribution < -0.4 is 10.4 Å². The van der Waals surface area contributed by atoms with E-state index in [2.05, 4.69) is 11.6 Å². The first kappa shape index (κ1) is 6.02. The van der Waals surface area contributed by atoms with Gasteiger partial charge in [0.15, 0.2) is 0 Å². The third-order valence-electron chi connectivity index (χ3n) is 1.25. The molecule has 1 nitrogen and oxygen atoms in total. The van der Waals surface area contributed by atoms with Crippen LogP contribution in [0.2, 0.25) is 0 Å². The third kappa shape index (κ3) is 1.17. The molecule has 46 valence electrons. The Bertz CT molecular complexity index is 288. The van der Waals surface area contributed by atoms with Crippen molar-refractivity contribution in [2.75, 3.05) is 0 Å². The first-order chi connectivity index (χ1) is 4.34. The minimum absolute atomic E-state index is 0.986. The van der Waals surface area contributed by atoms with E-state index in [4.69, 9.17) is 0 Å². The summed E-state index contributed by atoms with van der Waals surface area (Å²) >= 11 is 0. The molecule has 1 heterocycles. The zero-order chi connectivity index (χ0) is 6.69. The van der Waals surface area contributed by atoms with Crippen molar-refractivity contribution >= 4 is 12.7 Å². The largest absolute Gasteiger partial charge is 0.264 e. The van der Waals surface area contributed by atoms with Crippen LogP contribution in [0.1, 0.15) is 6.92 Å². The highest BCUT2D eigenvalue weighted by Crippen LogP contribution is 1.61. The van der Waals surface area contributed by atoms with Crippen LogP contribution in [0.4, 0.5) is 0 Å². The number of aromatic nitrogens is 1. The summed E-state index contributed by atoms with van der Waals surface area (Å²) in [5, 5.41) is 2.14. The number of hydrogen-bond donors (Lipinski definition) is 0. The van der Waals surface area contributed by atoms with Gasteiger partial charge in [0.25, 0.3) is 0 Å². The van der Waals surface area contributed by atoms with Gasteiger partial charge in [-0.15, -0.1) is 0 Å². The van der Waals surface area contributed by atoms with Gasteiger partial charge in [-0.3, -0.25) is 4.98 Å². The lowest BCUT2D eigenvalue weighted by molar-refractivity contribution is 1.28. The third-order valence-corrected chi connectivity index (χ3v) is 1.25. The van der Waals surface area contributed by atoms with E-state index in [-0.39, 0.29) is 0 Å². The van der Waals surface area contributed by atoms with Crippen molar-refractivity contribution < 1.29 is 0 Å². The van der Waals surface area contributed by atoms with Crippen LogP contribution in [0.25, 0.3) is 12.7 Å². The van der Waals surface area contributed by atoms with Crippen LogP contribution in [0, 0.1) is 0 Å². The summed E-state index contributed by atoms with van der Waals surface area (Å²) in [7, 11) is 0. The van der Waals surface area contributed by atoms with Gasteiger partial charge in [-0.05, 0) is 23.4 Å². The van der Waals surface area contributed by atoms with E-state index in [0.717, 1.165) is 10.4 Å². The summed E-state index contributed by atoms with van der Waals surface area (Å²) in [6, 6.07) is 1.95. The molecule has 0 N–H and O–H groups in total. The fraction of sp³-hybridized carbons (Fsp3) is 0.125. The van der Waals surface area contributed by atoms with Crippen LogP contribution >= 0.6 is 0 Å². The van der Waals surface area contributed by atoms with Crippen LogP contribution in [0.5, 0.6) is 0 Å². The lowest BCUT2D eigenvalue weighted by Gasteiger charge is -1.82. The van der Waals surface area contributed by atoms with Crippen molar-refractivity contribution in [1.82, 2.24) is 4.98 Å². The first-order valence-electron chi connectivity index (χ1n) is 2.90. The van der Waals surface area contributed by atoms with Crippen molar-refractivity contribution in [3.05, 3.63) is 28.9 Å². The van der Waals surface area contributed by atoms with Crippen molar-refractivity contribution in [2.24, 2.45) is 0 Å². The number of rotatable bonds is 0. The zero-order valence-corrected chi connectivity index (χ0v) is 5.46. The molecule has 1 rings (SSSR count). The van der Waals surface area contributed by atoms with E-state index >= 15 is 0 Å². The molecule has 0 unspecified atom stereocenters. The van der Waals surface area contributed by atoms with Gasteiger partial charge in [-0.2, -0.15) is 0 Å². The molecular formula is C8H9N. The van der Waals surface area contributed by atoms with Crippen LogP contribution in [-0.2, 0) is 0 Å². The molecule has 1 aromatic heterocycles. The number of pyridine rings is 1. The van der Waals surface area contributed by atoms with Crippen LogP contribution in [0.3, 0.4) is 0 Å². The Labute approximate surface area is 54.4 Å².